The van der Waals surface area contributed by atoms with E-state index >= 15 is 0 Å². The molecule has 3 aromatic heterocycles. The van der Waals surface area contributed by atoms with Crippen molar-refractivity contribution in [3.05, 3.63) is 55.1 Å². The van der Waals surface area contributed by atoms with Crippen molar-refractivity contribution in [2.24, 2.45) is 7.05 Å². The predicted octanol–water partition coefficient (Wildman–Crippen LogP) is 2.95. The second kappa shape index (κ2) is 6.72. The van der Waals surface area contributed by atoms with Gasteiger partial charge in [0.25, 0.3) is 0 Å². The topological polar surface area (TPSA) is 67.2 Å². The molecular weight excluding hydrogens is 372 g/mol. The summed E-state index contributed by atoms with van der Waals surface area (Å²) >= 11 is 1.65. The average molecular weight is 390 g/mol. The molecule has 4 heterocycles. The van der Waals surface area contributed by atoms with Gasteiger partial charge in [0.1, 0.15) is 17.0 Å². The number of fused-ring (bicyclic) bond motifs is 1. The van der Waals surface area contributed by atoms with E-state index in [-0.39, 0.29) is 12.5 Å². The zero-order valence-corrected chi connectivity index (χ0v) is 16.1. The van der Waals surface area contributed by atoms with Gasteiger partial charge in [-0.1, -0.05) is 30.3 Å². The fraction of sp³-hybridized carbons (Fsp3) is 0.200. The Balaban J connectivity index is 1.45. The maximum Gasteiger partial charge on any atom is 0.246 e. The quantitative estimate of drug-likeness (QED) is 0.538. The summed E-state index contributed by atoms with van der Waals surface area (Å²) in [6.45, 7) is 1.60. The summed E-state index contributed by atoms with van der Waals surface area (Å²) in [5.74, 6) is 0.868. The van der Waals surface area contributed by atoms with Crippen molar-refractivity contribution in [2.75, 3.05) is 29.4 Å². The molecule has 0 atom stereocenters. The van der Waals surface area contributed by atoms with Gasteiger partial charge in [0, 0.05) is 31.2 Å². The van der Waals surface area contributed by atoms with E-state index in [2.05, 4.69) is 33.3 Å². The lowest BCUT2D eigenvalue weighted by atomic mass is 10.2. The molecule has 1 fully saturated rings. The third kappa shape index (κ3) is 2.91. The highest BCUT2D eigenvalue weighted by molar-refractivity contribution is 7.21. The van der Waals surface area contributed by atoms with Gasteiger partial charge >= 0.3 is 0 Å². The molecule has 0 radical (unpaired) electrons. The van der Waals surface area contributed by atoms with E-state index in [0.717, 1.165) is 32.2 Å². The number of amides is 1. The van der Waals surface area contributed by atoms with E-state index in [9.17, 15) is 4.79 Å². The molecule has 0 unspecified atom stereocenters. The molecule has 4 aromatic rings. The first-order valence-electron chi connectivity index (χ1n) is 9.03. The summed E-state index contributed by atoms with van der Waals surface area (Å²) in [6.07, 6.45) is 5.17. The van der Waals surface area contributed by atoms with Crippen molar-refractivity contribution in [2.45, 2.75) is 0 Å². The number of nitrogens with zero attached hydrogens (tertiary/aromatic N) is 6. The Morgan fingerprint density at radius 2 is 1.96 bits per heavy atom. The molecule has 1 aromatic carbocycles. The van der Waals surface area contributed by atoms with E-state index < -0.39 is 0 Å². The first-order valence-corrected chi connectivity index (χ1v) is 9.84. The van der Waals surface area contributed by atoms with Gasteiger partial charge < -0.3 is 9.80 Å². The second-order valence-electron chi connectivity index (χ2n) is 6.73. The van der Waals surface area contributed by atoms with Crippen LogP contribution in [0.2, 0.25) is 0 Å². The van der Waals surface area contributed by atoms with Crippen LogP contribution in [-0.4, -0.2) is 45.3 Å². The lowest BCUT2D eigenvalue weighted by Gasteiger charge is -2.34. The van der Waals surface area contributed by atoms with Crippen LogP contribution in [-0.2, 0) is 11.8 Å². The summed E-state index contributed by atoms with van der Waals surface area (Å²) < 4.78 is 1.71. The van der Waals surface area contributed by atoms with Crippen molar-refractivity contribution in [1.29, 1.82) is 0 Å². The standard InChI is InChI=1S/C20H18N6OS/c1-24-11-15(10-23-24)26-8-7-25(12-18(26)27)19-16-9-17(14-5-3-2-4-6-14)28-20(16)22-13-21-19/h2-6,9-11,13H,7-8,12H2,1H3. The summed E-state index contributed by atoms with van der Waals surface area (Å²) in [7, 11) is 1.85. The number of piperazine rings is 1. The van der Waals surface area contributed by atoms with E-state index in [1.165, 1.54) is 0 Å². The second-order valence-corrected chi connectivity index (χ2v) is 7.76. The zero-order chi connectivity index (χ0) is 19.1. The van der Waals surface area contributed by atoms with E-state index in [1.807, 2.05) is 36.3 Å². The zero-order valence-electron chi connectivity index (χ0n) is 15.3. The first-order chi connectivity index (χ1) is 13.7. The molecule has 0 N–H and O–H groups in total. The minimum absolute atomic E-state index is 0.0459. The fourth-order valence-corrected chi connectivity index (χ4v) is 4.51. The molecule has 5 rings (SSSR count). The molecule has 140 valence electrons. The maximum absolute atomic E-state index is 12.8. The molecule has 0 saturated carbocycles. The highest BCUT2D eigenvalue weighted by atomic mass is 32.1. The van der Waals surface area contributed by atoms with Gasteiger partial charge in [0.2, 0.25) is 5.91 Å². The lowest BCUT2D eigenvalue weighted by molar-refractivity contribution is -0.117. The smallest absolute Gasteiger partial charge is 0.246 e. The average Bonchev–Trinajstić information content (AvgIpc) is 3.34. The highest BCUT2D eigenvalue weighted by Gasteiger charge is 2.28. The molecule has 0 bridgehead atoms. The SMILES string of the molecule is Cn1cc(N2CCN(c3ncnc4sc(-c5ccccc5)cc34)CC2=O)cn1. The Bertz CT molecular complexity index is 1150. The molecule has 1 aliphatic rings. The van der Waals surface area contributed by atoms with Gasteiger partial charge in [-0.3, -0.25) is 9.48 Å². The largest absolute Gasteiger partial charge is 0.345 e. The number of carbonyl (C=O) groups excluding carboxylic acids is 1. The third-order valence-corrected chi connectivity index (χ3v) is 5.98. The van der Waals surface area contributed by atoms with Crippen molar-refractivity contribution in [3.8, 4) is 10.4 Å². The van der Waals surface area contributed by atoms with Crippen molar-refractivity contribution < 1.29 is 4.79 Å². The number of rotatable bonds is 3. The van der Waals surface area contributed by atoms with Crippen LogP contribution in [0.4, 0.5) is 11.5 Å². The molecule has 7 nitrogen and oxygen atoms in total. The minimum atomic E-state index is 0.0459. The lowest BCUT2D eigenvalue weighted by Crippen LogP contribution is -2.50. The molecule has 28 heavy (non-hydrogen) atoms. The molecule has 8 heteroatoms. The molecule has 1 saturated heterocycles. The van der Waals surface area contributed by atoms with Crippen LogP contribution >= 0.6 is 11.3 Å². The Morgan fingerprint density at radius 1 is 1.11 bits per heavy atom. The normalized spacial score (nSPS) is 14.8. The van der Waals surface area contributed by atoms with Crippen LogP contribution < -0.4 is 9.80 Å². The van der Waals surface area contributed by atoms with Crippen LogP contribution in [0, 0.1) is 0 Å². The predicted molar refractivity (Wildman–Crippen MR) is 111 cm³/mol. The van der Waals surface area contributed by atoms with Crippen molar-refractivity contribution in [3.63, 3.8) is 0 Å². The number of benzene rings is 1. The fourth-order valence-electron chi connectivity index (χ4n) is 3.51. The Kier molecular flexibility index (Phi) is 4.05. The van der Waals surface area contributed by atoms with Gasteiger partial charge in [-0.05, 0) is 11.6 Å². The number of thiophene rings is 1. The number of anilines is 2. The van der Waals surface area contributed by atoms with E-state index in [0.29, 0.717) is 13.1 Å². The maximum atomic E-state index is 12.8. The van der Waals surface area contributed by atoms with Gasteiger partial charge in [-0.25, -0.2) is 9.97 Å². The van der Waals surface area contributed by atoms with Crippen LogP contribution in [0.15, 0.2) is 55.1 Å². The Labute approximate surface area is 165 Å². The molecule has 0 aliphatic carbocycles. The van der Waals surface area contributed by atoms with Gasteiger partial charge in [-0.15, -0.1) is 11.3 Å². The van der Waals surface area contributed by atoms with E-state index in [1.54, 1.807) is 33.4 Å². The summed E-state index contributed by atoms with van der Waals surface area (Å²) in [5, 5.41) is 5.16. The van der Waals surface area contributed by atoms with Crippen molar-refractivity contribution >= 4 is 39.0 Å². The molecule has 1 amide bonds. The highest BCUT2D eigenvalue weighted by Crippen LogP contribution is 2.36. The minimum Gasteiger partial charge on any atom is -0.345 e. The molecule has 1 aliphatic heterocycles. The van der Waals surface area contributed by atoms with Crippen LogP contribution in [0.1, 0.15) is 0 Å². The summed E-state index contributed by atoms with van der Waals surface area (Å²) in [4.78, 5) is 27.6. The third-order valence-electron chi connectivity index (χ3n) is 4.89. The van der Waals surface area contributed by atoms with Crippen LogP contribution in [0.5, 0.6) is 0 Å². The van der Waals surface area contributed by atoms with Gasteiger partial charge in [0.05, 0.1) is 23.8 Å². The van der Waals surface area contributed by atoms with Gasteiger partial charge in [-0.2, -0.15) is 5.10 Å². The van der Waals surface area contributed by atoms with Crippen LogP contribution in [0.25, 0.3) is 20.7 Å². The number of carbonyl (C=O) groups is 1. The van der Waals surface area contributed by atoms with Gasteiger partial charge in [0.15, 0.2) is 0 Å². The molecule has 0 spiro atoms. The Morgan fingerprint density at radius 3 is 2.71 bits per heavy atom. The first kappa shape index (κ1) is 16.9. The Hall–Kier alpha value is -3.26. The number of hydrogen-bond acceptors (Lipinski definition) is 6. The van der Waals surface area contributed by atoms with E-state index in [4.69, 9.17) is 0 Å². The summed E-state index contributed by atoms with van der Waals surface area (Å²) in [5.41, 5.74) is 2.00. The number of aromatic nitrogens is 4. The number of aryl methyl sites for hydroxylation is 1. The summed E-state index contributed by atoms with van der Waals surface area (Å²) in [6, 6.07) is 12.4. The monoisotopic (exact) mass is 390 g/mol. The van der Waals surface area contributed by atoms with Crippen LogP contribution in [0.3, 0.4) is 0 Å². The molecular formula is C20H18N6OS. The van der Waals surface area contributed by atoms with Crippen molar-refractivity contribution in [1.82, 2.24) is 19.7 Å². The number of hydrogen-bond donors (Lipinski definition) is 0.